The Kier molecular flexibility index (Phi) is 6.85. The number of ether oxygens (including phenoxy) is 2. The molecule has 2 aromatic rings. The van der Waals surface area contributed by atoms with Gasteiger partial charge >= 0.3 is 12.0 Å². The van der Waals surface area contributed by atoms with E-state index in [4.69, 9.17) is 26.2 Å². The Morgan fingerprint density at radius 2 is 1.94 bits per heavy atom. The van der Waals surface area contributed by atoms with Gasteiger partial charge in [0.25, 0.3) is 11.8 Å². The third-order valence-corrected chi connectivity index (χ3v) is 5.54. The largest absolute Gasteiger partial charge is 0.493 e. The summed E-state index contributed by atoms with van der Waals surface area (Å²) in [5, 5.41) is 11.3. The number of aliphatic carboxylic acids is 1. The highest BCUT2D eigenvalue weighted by Gasteiger charge is 2.37. The van der Waals surface area contributed by atoms with E-state index in [-0.39, 0.29) is 22.8 Å². The van der Waals surface area contributed by atoms with Crippen LogP contribution >= 0.6 is 27.5 Å². The first-order valence-corrected chi connectivity index (χ1v) is 10.2. The van der Waals surface area contributed by atoms with Crippen LogP contribution in [0.2, 0.25) is 5.02 Å². The van der Waals surface area contributed by atoms with E-state index >= 15 is 0 Å². The summed E-state index contributed by atoms with van der Waals surface area (Å²) in [5.74, 6) is -2.54. The van der Waals surface area contributed by atoms with Crippen LogP contribution in [0.5, 0.6) is 11.5 Å². The molecular formula is C21H16BrClN2O7. The van der Waals surface area contributed by atoms with E-state index in [0.29, 0.717) is 15.1 Å². The van der Waals surface area contributed by atoms with Gasteiger partial charge in [0.1, 0.15) is 5.57 Å². The normalized spacial score (nSPS) is 15.1. The Hall–Kier alpha value is -3.37. The van der Waals surface area contributed by atoms with Gasteiger partial charge in [-0.2, -0.15) is 0 Å². The lowest BCUT2D eigenvalue weighted by Crippen LogP contribution is -2.54. The number of barbiturate groups is 1. The van der Waals surface area contributed by atoms with Gasteiger partial charge in [-0.15, -0.1) is 0 Å². The lowest BCUT2D eigenvalue weighted by molar-refractivity contribution is -0.139. The van der Waals surface area contributed by atoms with Crippen LogP contribution in [0, 0.1) is 6.92 Å². The first-order chi connectivity index (χ1) is 15.1. The van der Waals surface area contributed by atoms with Gasteiger partial charge in [-0.25, -0.2) is 14.5 Å². The van der Waals surface area contributed by atoms with E-state index in [1.165, 1.54) is 31.4 Å². The quantitative estimate of drug-likeness (QED) is 0.438. The lowest BCUT2D eigenvalue weighted by Gasteiger charge is -2.26. The first kappa shape index (κ1) is 23.3. The second-order valence-corrected chi connectivity index (χ2v) is 7.86. The van der Waals surface area contributed by atoms with Crippen molar-refractivity contribution in [1.82, 2.24) is 5.32 Å². The maximum Gasteiger partial charge on any atom is 0.341 e. The summed E-state index contributed by atoms with van der Waals surface area (Å²) < 4.78 is 10.8. The van der Waals surface area contributed by atoms with Crippen LogP contribution in [0.25, 0.3) is 6.08 Å². The number of nitrogens with zero attached hydrogens (tertiary/aromatic N) is 1. The number of hydrogen-bond donors (Lipinski definition) is 2. The number of carbonyl (C=O) groups is 4. The number of nitrogens with one attached hydrogen (secondary N) is 1. The molecule has 0 spiro atoms. The van der Waals surface area contributed by atoms with Crippen LogP contribution < -0.4 is 19.7 Å². The number of amides is 4. The number of benzene rings is 2. The van der Waals surface area contributed by atoms with Crippen molar-refractivity contribution in [3.05, 3.63) is 56.5 Å². The number of carboxylic acids is 1. The van der Waals surface area contributed by atoms with Crippen molar-refractivity contribution in [2.24, 2.45) is 0 Å². The number of carbonyl (C=O) groups excluding carboxylic acids is 3. The zero-order valence-electron chi connectivity index (χ0n) is 16.8. The molecule has 1 saturated heterocycles. The molecule has 3 rings (SSSR count). The molecule has 4 amide bonds. The zero-order valence-corrected chi connectivity index (χ0v) is 19.1. The highest BCUT2D eigenvalue weighted by Crippen LogP contribution is 2.35. The minimum absolute atomic E-state index is 0.148. The average molecular weight is 524 g/mol. The summed E-state index contributed by atoms with van der Waals surface area (Å²) in [7, 11) is 1.35. The Labute approximate surface area is 195 Å². The van der Waals surface area contributed by atoms with E-state index < -0.39 is 30.4 Å². The number of hydrogen-bond acceptors (Lipinski definition) is 6. The second kappa shape index (κ2) is 9.41. The fourth-order valence-corrected chi connectivity index (χ4v) is 3.45. The highest BCUT2D eigenvalue weighted by atomic mass is 79.9. The Bertz CT molecular complexity index is 1180. The lowest BCUT2D eigenvalue weighted by atomic mass is 10.1. The molecule has 9 nitrogen and oxygen atoms in total. The molecule has 1 heterocycles. The zero-order chi connectivity index (χ0) is 23.6. The molecule has 2 N–H and O–H groups in total. The Balaban J connectivity index is 2.01. The van der Waals surface area contributed by atoms with Gasteiger partial charge in [0.15, 0.2) is 18.1 Å². The van der Waals surface area contributed by atoms with Crippen LogP contribution in [-0.4, -0.2) is 42.6 Å². The number of rotatable bonds is 6. The predicted molar refractivity (Wildman–Crippen MR) is 119 cm³/mol. The molecule has 1 aliphatic rings. The molecule has 0 saturated carbocycles. The van der Waals surface area contributed by atoms with Gasteiger partial charge in [0, 0.05) is 9.50 Å². The summed E-state index contributed by atoms with van der Waals surface area (Å²) in [6.07, 6.45) is 1.28. The third-order valence-electron chi connectivity index (χ3n) is 4.45. The van der Waals surface area contributed by atoms with Gasteiger partial charge in [-0.3, -0.25) is 14.9 Å². The van der Waals surface area contributed by atoms with Crippen LogP contribution in [0.4, 0.5) is 10.5 Å². The van der Waals surface area contributed by atoms with Crippen LogP contribution in [0.15, 0.2) is 40.4 Å². The van der Waals surface area contributed by atoms with Gasteiger partial charge in [-0.1, -0.05) is 33.6 Å². The number of urea groups is 1. The molecule has 0 bridgehead atoms. The van der Waals surface area contributed by atoms with Crippen molar-refractivity contribution in [3.8, 4) is 11.5 Å². The summed E-state index contributed by atoms with van der Waals surface area (Å²) in [6.45, 7) is 1.19. The van der Waals surface area contributed by atoms with Crippen molar-refractivity contribution in [1.29, 1.82) is 0 Å². The van der Waals surface area contributed by atoms with E-state index in [0.717, 1.165) is 10.5 Å². The van der Waals surface area contributed by atoms with Crippen LogP contribution in [0.1, 0.15) is 11.1 Å². The molecule has 1 fully saturated rings. The van der Waals surface area contributed by atoms with Crippen molar-refractivity contribution in [3.63, 3.8) is 0 Å². The fourth-order valence-electron chi connectivity index (χ4n) is 2.84. The monoisotopic (exact) mass is 522 g/mol. The number of methoxy groups -OCH3 is 1. The van der Waals surface area contributed by atoms with Crippen LogP contribution in [-0.2, 0) is 14.4 Å². The molecule has 11 heteroatoms. The minimum atomic E-state index is -1.17. The fraction of sp³-hybridized carbons (Fsp3) is 0.143. The van der Waals surface area contributed by atoms with E-state index in [1.54, 1.807) is 19.1 Å². The number of halogens is 2. The van der Waals surface area contributed by atoms with Gasteiger partial charge in [-0.05, 0) is 48.4 Å². The molecular weight excluding hydrogens is 508 g/mol. The van der Waals surface area contributed by atoms with E-state index in [1.807, 2.05) is 0 Å². The first-order valence-electron chi connectivity index (χ1n) is 9.02. The third kappa shape index (κ3) is 4.76. The summed E-state index contributed by atoms with van der Waals surface area (Å²) in [6, 6.07) is 6.65. The molecule has 0 aliphatic carbocycles. The maximum atomic E-state index is 13.1. The van der Waals surface area contributed by atoms with Crippen molar-refractivity contribution >= 4 is 63.1 Å². The van der Waals surface area contributed by atoms with E-state index in [9.17, 15) is 19.2 Å². The molecule has 32 heavy (non-hydrogen) atoms. The summed E-state index contributed by atoms with van der Waals surface area (Å²) >= 11 is 9.42. The SMILES string of the molecule is COc1cc(/C=C2/C(=O)NC(=O)N(c3ccc(C)c(Cl)c3)C2=O)c(Br)cc1OCC(=O)O. The molecule has 0 radical (unpaired) electrons. The average Bonchev–Trinajstić information content (AvgIpc) is 2.72. The second-order valence-electron chi connectivity index (χ2n) is 6.60. The van der Waals surface area contributed by atoms with Gasteiger partial charge < -0.3 is 14.6 Å². The van der Waals surface area contributed by atoms with Crippen molar-refractivity contribution < 1.29 is 33.8 Å². The van der Waals surface area contributed by atoms with Gasteiger partial charge in [0.2, 0.25) is 0 Å². The number of carboxylic acid groups (broad SMARTS) is 1. The predicted octanol–water partition coefficient (Wildman–Crippen LogP) is 3.55. The Morgan fingerprint density at radius 3 is 2.56 bits per heavy atom. The minimum Gasteiger partial charge on any atom is -0.493 e. The number of aryl methyl sites for hydroxylation is 1. The Morgan fingerprint density at radius 1 is 1.22 bits per heavy atom. The molecule has 0 atom stereocenters. The number of anilines is 1. The number of imide groups is 2. The van der Waals surface area contributed by atoms with E-state index in [2.05, 4.69) is 21.2 Å². The summed E-state index contributed by atoms with van der Waals surface area (Å²) in [4.78, 5) is 49.4. The summed E-state index contributed by atoms with van der Waals surface area (Å²) in [5.41, 5.74) is 1.02. The highest BCUT2D eigenvalue weighted by molar-refractivity contribution is 9.10. The molecule has 0 aromatic heterocycles. The maximum absolute atomic E-state index is 13.1. The molecule has 166 valence electrons. The van der Waals surface area contributed by atoms with Crippen molar-refractivity contribution in [2.75, 3.05) is 18.6 Å². The molecule has 0 unspecified atom stereocenters. The van der Waals surface area contributed by atoms with Crippen molar-refractivity contribution in [2.45, 2.75) is 6.92 Å². The molecule has 2 aromatic carbocycles. The standard InChI is InChI=1S/C21H16BrClN2O7/c1-10-3-4-12(7-15(10)23)25-20(29)13(19(28)24-21(25)30)5-11-6-16(31-2)17(8-14(11)22)32-9-18(26)27/h3-8H,9H2,1-2H3,(H,26,27)(H,24,28,30)/b13-5-. The topological polar surface area (TPSA) is 122 Å². The molecule has 1 aliphatic heterocycles. The smallest absolute Gasteiger partial charge is 0.341 e. The van der Waals surface area contributed by atoms with Gasteiger partial charge in [0.05, 0.1) is 12.8 Å². The van der Waals surface area contributed by atoms with Crippen LogP contribution in [0.3, 0.4) is 0 Å².